The molecule has 6 nitrogen and oxygen atoms in total. The molecule has 152 valence electrons. The fourth-order valence-corrected chi connectivity index (χ4v) is 6.57. The summed E-state index contributed by atoms with van der Waals surface area (Å²) in [7, 11) is -3.90. The van der Waals surface area contributed by atoms with E-state index in [1.807, 2.05) is 6.07 Å². The second-order valence-electron chi connectivity index (χ2n) is 6.36. The Bertz CT molecular complexity index is 1140. The number of carbonyl (C=O) groups is 1. The van der Waals surface area contributed by atoms with Crippen LogP contribution in [0.5, 0.6) is 0 Å². The summed E-state index contributed by atoms with van der Waals surface area (Å²) in [6.07, 6.45) is 0.973. The SMILES string of the molecule is O=C(Nc1nc(-c2ccc(Cl)s2)cs1)C1CCCN1S(=O)(=O)c1ccc(F)cc1. The quantitative estimate of drug-likeness (QED) is 0.596. The monoisotopic (exact) mass is 471 g/mol. The van der Waals surface area contributed by atoms with Crippen molar-refractivity contribution in [1.29, 1.82) is 0 Å². The molecular formula is C18H15ClFN3O3S3. The molecule has 29 heavy (non-hydrogen) atoms. The molecule has 0 spiro atoms. The van der Waals surface area contributed by atoms with Crippen molar-refractivity contribution in [1.82, 2.24) is 9.29 Å². The van der Waals surface area contributed by atoms with Gasteiger partial charge in [-0.1, -0.05) is 11.6 Å². The Labute approximate surface area is 180 Å². The second kappa shape index (κ2) is 8.11. The number of thiophene rings is 1. The summed E-state index contributed by atoms with van der Waals surface area (Å²) >= 11 is 8.59. The first kappa shape index (κ1) is 20.4. The van der Waals surface area contributed by atoms with Crippen molar-refractivity contribution in [2.24, 2.45) is 0 Å². The molecule has 1 aliphatic rings. The fourth-order valence-electron chi connectivity index (χ4n) is 3.12. The Morgan fingerprint density at radius 3 is 2.69 bits per heavy atom. The molecule has 1 fully saturated rings. The van der Waals surface area contributed by atoms with E-state index in [4.69, 9.17) is 11.6 Å². The van der Waals surface area contributed by atoms with Gasteiger partial charge in [-0.25, -0.2) is 17.8 Å². The molecule has 1 N–H and O–H groups in total. The van der Waals surface area contributed by atoms with Crippen LogP contribution in [0.15, 0.2) is 46.7 Å². The highest BCUT2D eigenvalue weighted by molar-refractivity contribution is 7.89. The van der Waals surface area contributed by atoms with Gasteiger partial charge in [-0.2, -0.15) is 4.31 Å². The van der Waals surface area contributed by atoms with Crippen molar-refractivity contribution in [3.05, 3.63) is 51.9 Å². The third-order valence-corrected chi connectivity index (χ3v) is 8.42. The molecule has 1 aliphatic heterocycles. The molecule has 11 heteroatoms. The molecule has 2 aromatic heterocycles. The van der Waals surface area contributed by atoms with E-state index in [-0.39, 0.29) is 11.4 Å². The summed E-state index contributed by atoms with van der Waals surface area (Å²) in [4.78, 5) is 18.0. The standard InChI is InChI=1S/C18H15ClFN3O3S3/c19-16-8-7-15(28-16)13-10-27-18(21-13)22-17(24)14-2-1-9-23(14)29(25,26)12-5-3-11(20)4-6-12/h3-8,10,14H,1-2,9H2,(H,21,22,24). The van der Waals surface area contributed by atoms with Crippen LogP contribution >= 0.6 is 34.3 Å². The summed E-state index contributed by atoms with van der Waals surface area (Å²) < 4.78 is 40.8. The summed E-state index contributed by atoms with van der Waals surface area (Å²) in [5, 5.41) is 4.91. The van der Waals surface area contributed by atoms with Crippen molar-refractivity contribution >= 4 is 55.3 Å². The van der Waals surface area contributed by atoms with Crippen LogP contribution in [-0.2, 0) is 14.8 Å². The topological polar surface area (TPSA) is 79.4 Å². The largest absolute Gasteiger partial charge is 0.301 e. The van der Waals surface area contributed by atoms with Gasteiger partial charge in [0.2, 0.25) is 15.9 Å². The highest BCUT2D eigenvalue weighted by Crippen LogP contribution is 2.33. The summed E-state index contributed by atoms with van der Waals surface area (Å²) in [6, 6.07) is 7.37. The van der Waals surface area contributed by atoms with Gasteiger partial charge >= 0.3 is 0 Å². The van der Waals surface area contributed by atoms with Crippen LogP contribution in [-0.4, -0.2) is 36.2 Å². The van der Waals surface area contributed by atoms with Gasteiger partial charge in [0.05, 0.1) is 19.8 Å². The van der Waals surface area contributed by atoms with Crippen LogP contribution in [0.1, 0.15) is 12.8 Å². The van der Waals surface area contributed by atoms with Crippen molar-refractivity contribution in [3.8, 4) is 10.6 Å². The molecule has 1 saturated heterocycles. The third kappa shape index (κ3) is 4.22. The van der Waals surface area contributed by atoms with E-state index in [0.717, 1.165) is 17.0 Å². The average molecular weight is 472 g/mol. The van der Waals surface area contributed by atoms with Crippen LogP contribution < -0.4 is 5.32 Å². The molecule has 4 rings (SSSR count). The summed E-state index contributed by atoms with van der Waals surface area (Å²) in [5.41, 5.74) is 0.699. The lowest BCUT2D eigenvalue weighted by atomic mass is 10.2. The van der Waals surface area contributed by atoms with Crippen LogP contribution in [0, 0.1) is 5.82 Å². The first-order chi connectivity index (χ1) is 13.8. The Morgan fingerprint density at radius 2 is 2.00 bits per heavy atom. The van der Waals surface area contributed by atoms with Gasteiger partial charge in [-0.05, 0) is 49.2 Å². The lowest BCUT2D eigenvalue weighted by Gasteiger charge is -2.23. The van der Waals surface area contributed by atoms with Crippen LogP contribution in [0.2, 0.25) is 4.34 Å². The molecule has 0 saturated carbocycles. The summed E-state index contributed by atoms with van der Waals surface area (Å²) in [6.45, 7) is 0.231. The summed E-state index contributed by atoms with van der Waals surface area (Å²) in [5.74, 6) is -0.954. The molecule has 0 bridgehead atoms. The first-order valence-electron chi connectivity index (χ1n) is 8.64. The minimum Gasteiger partial charge on any atom is -0.301 e. The highest BCUT2D eigenvalue weighted by Gasteiger charge is 2.39. The minimum atomic E-state index is -3.90. The lowest BCUT2D eigenvalue weighted by Crippen LogP contribution is -2.43. The molecule has 0 aliphatic carbocycles. The van der Waals surface area contributed by atoms with E-state index in [0.29, 0.717) is 28.0 Å². The number of benzene rings is 1. The maximum atomic E-state index is 13.1. The van der Waals surface area contributed by atoms with Gasteiger partial charge in [-0.3, -0.25) is 4.79 Å². The van der Waals surface area contributed by atoms with Crippen LogP contribution in [0.4, 0.5) is 9.52 Å². The maximum Gasteiger partial charge on any atom is 0.244 e. The molecule has 1 unspecified atom stereocenters. The zero-order chi connectivity index (χ0) is 20.6. The number of nitrogens with zero attached hydrogens (tertiary/aromatic N) is 2. The number of thiazole rings is 1. The molecule has 1 aromatic carbocycles. The molecular weight excluding hydrogens is 457 g/mol. The smallest absolute Gasteiger partial charge is 0.244 e. The number of nitrogens with one attached hydrogen (secondary N) is 1. The second-order valence-corrected chi connectivity index (χ2v) is 10.8. The van der Waals surface area contributed by atoms with Gasteiger partial charge < -0.3 is 5.32 Å². The zero-order valence-corrected chi connectivity index (χ0v) is 18.0. The van der Waals surface area contributed by atoms with E-state index < -0.39 is 27.8 Å². The number of halogens is 2. The molecule has 0 radical (unpaired) electrons. The van der Waals surface area contributed by atoms with E-state index in [2.05, 4.69) is 10.3 Å². The normalized spacial score (nSPS) is 17.5. The van der Waals surface area contributed by atoms with E-state index in [1.165, 1.54) is 39.1 Å². The molecule has 1 atom stereocenters. The predicted molar refractivity (Wildman–Crippen MR) is 112 cm³/mol. The van der Waals surface area contributed by atoms with Crippen molar-refractivity contribution in [2.75, 3.05) is 11.9 Å². The first-order valence-corrected chi connectivity index (χ1v) is 12.2. The highest BCUT2D eigenvalue weighted by atomic mass is 35.5. The van der Waals surface area contributed by atoms with E-state index in [9.17, 15) is 17.6 Å². The minimum absolute atomic E-state index is 0.0373. The van der Waals surface area contributed by atoms with Gasteiger partial charge in [0.25, 0.3) is 0 Å². The molecule has 3 aromatic rings. The number of aromatic nitrogens is 1. The van der Waals surface area contributed by atoms with Gasteiger partial charge in [0, 0.05) is 11.9 Å². The van der Waals surface area contributed by atoms with Crippen LogP contribution in [0.3, 0.4) is 0 Å². The van der Waals surface area contributed by atoms with Gasteiger partial charge in [0.1, 0.15) is 11.9 Å². The zero-order valence-electron chi connectivity index (χ0n) is 14.8. The van der Waals surface area contributed by atoms with E-state index in [1.54, 1.807) is 11.4 Å². The number of sulfonamides is 1. The average Bonchev–Trinajstić information content (AvgIpc) is 3.42. The van der Waals surface area contributed by atoms with Crippen molar-refractivity contribution in [3.63, 3.8) is 0 Å². The number of rotatable bonds is 5. The molecule has 1 amide bonds. The van der Waals surface area contributed by atoms with Crippen molar-refractivity contribution < 1.29 is 17.6 Å². The third-order valence-electron chi connectivity index (χ3n) is 4.49. The van der Waals surface area contributed by atoms with Gasteiger partial charge in [-0.15, -0.1) is 22.7 Å². The Balaban J connectivity index is 1.51. The van der Waals surface area contributed by atoms with Crippen LogP contribution in [0.25, 0.3) is 10.6 Å². The lowest BCUT2D eigenvalue weighted by molar-refractivity contribution is -0.119. The fraction of sp³-hybridized carbons (Fsp3) is 0.222. The Hall–Kier alpha value is -1.85. The van der Waals surface area contributed by atoms with Crippen molar-refractivity contribution in [2.45, 2.75) is 23.8 Å². The predicted octanol–water partition coefficient (Wildman–Crippen LogP) is 4.46. The number of hydrogen-bond acceptors (Lipinski definition) is 6. The molecule has 3 heterocycles. The van der Waals surface area contributed by atoms with Gasteiger partial charge in [0.15, 0.2) is 5.13 Å². The maximum absolute atomic E-state index is 13.1. The van der Waals surface area contributed by atoms with E-state index >= 15 is 0 Å². The number of amides is 1. The number of hydrogen-bond donors (Lipinski definition) is 1. The Morgan fingerprint density at radius 1 is 1.24 bits per heavy atom. The number of carbonyl (C=O) groups excluding carboxylic acids is 1. The Kier molecular flexibility index (Phi) is 5.71. The number of anilines is 1.